The molecule has 0 unspecified atom stereocenters. The van der Waals surface area contributed by atoms with E-state index in [2.05, 4.69) is 15.1 Å². The van der Waals surface area contributed by atoms with Crippen LogP contribution in [0.15, 0.2) is 12.1 Å². The second-order valence-electron chi connectivity index (χ2n) is 6.46. The molecule has 0 radical (unpaired) electrons. The van der Waals surface area contributed by atoms with Gasteiger partial charge in [-0.05, 0) is 36.0 Å². The second kappa shape index (κ2) is 5.62. The number of halogens is 1. The summed E-state index contributed by atoms with van der Waals surface area (Å²) in [6.07, 6.45) is 2.08. The minimum Gasteiger partial charge on any atom is -0.371 e. The Balaban J connectivity index is 1.66. The number of morpholine rings is 1. The normalized spacial score (nSPS) is 28.9. The van der Waals surface area contributed by atoms with Crippen LogP contribution in [0.1, 0.15) is 36.0 Å². The first-order chi connectivity index (χ1) is 10.8. The zero-order valence-corrected chi connectivity index (χ0v) is 12.5. The van der Waals surface area contributed by atoms with Gasteiger partial charge in [0.2, 0.25) is 5.69 Å². The summed E-state index contributed by atoms with van der Waals surface area (Å²) in [4.78, 5) is 5.92. The SMILES string of the molecule is [C-]#[N+]c1c(F)ccc([C@H]2CN3CCNC[C@H]3CO2)c1C1CC1. The molecule has 1 aromatic carbocycles. The Morgan fingerprint density at radius 1 is 1.36 bits per heavy atom. The molecule has 2 atom stereocenters. The zero-order chi connectivity index (χ0) is 15.1. The number of piperazine rings is 1. The molecule has 0 bridgehead atoms. The lowest BCUT2D eigenvalue weighted by atomic mass is 9.94. The number of fused-ring (bicyclic) bond motifs is 1. The van der Waals surface area contributed by atoms with E-state index in [1.807, 2.05) is 6.07 Å². The lowest BCUT2D eigenvalue weighted by molar-refractivity contribution is -0.0720. The van der Waals surface area contributed by atoms with Crippen molar-refractivity contribution in [3.8, 4) is 0 Å². The van der Waals surface area contributed by atoms with Gasteiger partial charge >= 0.3 is 0 Å². The average molecular weight is 301 g/mol. The molecule has 3 fully saturated rings. The molecule has 0 spiro atoms. The standard InChI is InChI=1S/C17H20FN3O/c1-19-17-14(18)5-4-13(16(17)11-2-3-11)15-9-21-7-6-20-8-12(21)10-22-15/h4-5,11-12,15,20H,2-3,6-10H2/t12-,15+/m0/s1. The van der Waals surface area contributed by atoms with Crippen LogP contribution >= 0.6 is 0 Å². The van der Waals surface area contributed by atoms with E-state index in [9.17, 15) is 4.39 Å². The van der Waals surface area contributed by atoms with Gasteiger partial charge in [0, 0.05) is 32.2 Å². The molecule has 4 nitrogen and oxygen atoms in total. The van der Waals surface area contributed by atoms with Crippen LogP contribution in [-0.4, -0.2) is 43.7 Å². The molecule has 3 aliphatic rings. The lowest BCUT2D eigenvalue weighted by Crippen LogP contribution is -2.57. The van der Waals surface area contributed by atoms with Crippen LogP contribution in [0, 0.1) is 12.4 Å². The first-order valence-electron chi connectivity index (χ1n) is 8.04. The molecule has 2 heterocycles. The zero-order valence-electron chi connectivity index (χ0n) is 12.5. The van der Waals surface area contributed by atoms with Crippen molar-refractivity contribution in [2.45, 2.75) is 30.9 Å². The Morgan fingerprint density at radius 3 is 3.00 bits per heavy atom. The van der Waals surface area contributed by atoms with Gasteiger partial charge in [0.1, 0.15) is 5.82 Å². The number of ether oxygens (including phenoxy) is 1. The Kier molecular flexibility index (Phi) is 3.61. The monoisotopic (exact) mass is 301 g/mol. The van der Waals surface area contributed by atoms with Crippen molar-refractivity contribution in [3.05, 3.63) is 40.5 Å². The van der Waals surface area contributed by atoms with E-state index in [0.29, 0.717) is 18.6 Å². The molecule has 1 saturated carbocycles. The maximum absolute atomic E-state index is 14.0. The van der Waals surface area contributed by atoms with Crippen molar-refractivity contribution in [1.29, 1.82) is 0 Å². The van der Waals surface area contributed by atoms with Gasteiger partial charge in [-0.2, -0.15) is 0 Å². The highest BCUT2D eigenvalue weighted by Gasteiger charge is 2.36. The maximum Gasteiger partial charge on any atom is 0.225 e. The van der Waals surface area contributed by atoms with Gasteiger partial charge in [-0.3, -0.25) is 4.90 Å². The van der Waals surface area contributed by atoms with Crippen molar-refractivity contribution in [3.63, 3.8) is 0 Å². The molecule has 0 aromatic heterocycles. The number of benzene rings is 1. The third-order valence-electron chi connectivity index (χ3n) is 5.01. The predicted octanol–water partition coefficient (Wildman–Crippen LogP) is 2.60. The van der Waals surface area contributed by atoms with Crippen LogP contribution in [0.5, 0.6) is 0 Å². The molecule has 116 valence electrons. The summed E-state index contributed by atoms with van der Waals surface area (Å²) in [6.45, 7) is 11.9. The van der Waals surface area contributed by atoms with Crippen LogP contribution in [-0.2, 0) is 4.74 Å². The van der Waals surface area contributed by atoms with E-state index < -0.39 is 5.82 Å². The molecule has 1 N–H and O–H groups in total. The number of hydrogen-bond donors (Lipinski definition) is 1. The highest BCUT2D eigenvalue weighted by molar-refractivity contribution is 5.60. The topological polar surface area (TPSA) is 28.9 Å². The van der Waals surface area contributed by atoms with Gasteiger partial charge in [-0.25, -0.2) is 9.24 Å². The molecule has 22 heavy (non-hydrogen) atoms. The Hall–Kier alpha value is -1.48. The average Bonchev–Trinajstić information content (AvgIpc) is 3.39. The third kappa shape index (κ3) is 2.41. The van der Waals surface area contributed by atoms with E-state index in [0.717, 1.165) is 50.1 Å². The van der Waals surface area contributed by atoms with Gasteiger partial charge in [0.15, 0.2) is 0 Å². The molecular weight excluding hydrogens is 281 g/mol. The fourth-order valence-corrected chi connectivity index (χ4v) is 3.68. The van der Waals surface area contributed by atoms with Crippen LogP contribution in [0.3, 0.4) is 0 Å². The van der Waals surface area contributed by atoms with Gasteiger partial charge < -0.3 is 10.1 Å². The minimum atomic E-state index is -0.392. The van der Waals surface area contributed by atoms with Crippen molar-refractivity contribution in [1.82, 2.24) is 10.2 Å². The van der Waals surface area contributed by atoms with Gasteiger partial charge in [-0.15, -0.1) is 0 Å². The van der Waals surface area contributed by atoms with E-state index in [-0.39, 0.29) is 11.8 Å². The molecule has 1 aromatic rings. The fourth-order valence-electron chi connectivity index (χ4n) is 3.68. The minimum absolute atomic E-state index is 0.0361. The molecule has 2 saturated heterocycles. The predicted molar refractivity (Wildman–Crippen MR) is 81.6 cm³/mol. The van der Waals surface area contributed by atoms with Gasteiger partial charge in [0.05, 0.1) is 19.3 Å². The van der Waals surface area contributed by atoms with Crippen LogP contribution in [0.25, 0.3) is 4.85 Å². The highest BCUT2D eigenvalue weighted by atomic mass is 19.1. The maximum atomic E-state index is 14.0. The lowest BCUT2D eigenvalue weighted by Gasteiger charge is -2.43. The fraction of sp³-hybridized carbons (Fsp3) is 0.588. The Labute approximate surface area is 130 Å². The summed E-state index contributed by atoms with van der Waals surface area (Å²) in [7, 11) is 0. The second-order valence-corrected chi connectivity index (χ2v) is 6.46. The molecule has 1 aliphatic carbocycles. The van der Waals surface area contributed by atoms with Gasteiger partial charge in [-0.1, -0.05) is 6.07 Å². The van der Waals surface area contributed by atoms with E-state index in [4.69, 9.17) is 11.3 Å². The summed E-state index contributed by atoms with van der Waals surface area (Å²) >= 11 is 0. The summed E-state index contributed by atoms with van der Waals surface area (Å²) in [5.41, 5.74) is 2.16. The van der Waals surface area contributed by atoms with E-state index in [1.54, 1.807) is 0 Å². The summed E-state index contributed by atoms with van der Waals surface area (Å²) in [6, 6.07) is 3.71. The summed E-state index contributed by atoms with van der Waals surface area (Å²) < 4.78 is 20.1. The van der Waals surface area contributed by atoms with Crippen molar-refractivity contribution < 1.29 is 9.13 Å². The smallest absolute Gasteiger partial charge is 0.225 e. The summed E-state index contributed by atoms with van der Waals surface area (Å²) in [5, 5.41) is 3.39. The van der Waals surface area contributed by atoms with Crippen LogP contribution < -0.4 is 5.32 Å². The molecule has 0 amide bonds. The van der Waals surface area contributed by atoms with Crippen LogP contribution in [0.4, 0.5) is 10.1 Å². The molecular formula is C17H20FN3O. The van der Waals surface area contributed by atoms with Crippen molar-refractivity contribution in [2.75, 3.05) is 32.8 Å². The quantitative estimate of drug-likeness (QED) is 0.851. The van der Waals surface area contributed by atoms with E-state index >= 15 is 0 Å². The van der Waals surface area contributed by atoms with Gasteiger partial charge in [0.25, 0.3) is 0 Å². The Morgan fingerprint density at radius 2 is 2.23 bits per heavy atom. The first kappa shape index (κ1) is 14.1. The largest absolute Gasteiger partial charge is 0.371 e. The van der Waals surface area contributed by atoms with Crippen molar-refractivity contribution >= 4 is 5.69 Å². The number of nitrogens with one attached hydrogen (secondary N) is 1. The molecule has 4 rings (SSSR count). The molecule has 2 aliphatic heterocycles. The number of nitrogens with zero attached hydrogens (tertiary/aromatic N) is 2. The van der Waals surface area contributed by atoms with Crippen molar-refractivity contribution in [2.24, 2.45) is 0 Å². The van der Waals surface area contributed by atoms with E-state index in [1.165, 1.54) is 6.07 Å². The summed E-state index contributed by atoms with van der Waals surface area (Å²) in [5.74, 6) is -0.0457. The van der Waals surface area contributed by atoms with Crippen LogP contribution in [0.2, 0.25) is 0 Å². The number of hydrogen-bond acceptors (Lipinski definition) is 3. The highest BCUT2D eigenvalue weighted by Crippen LogP contribution is 2.49. The molecule has 5 heteroatoms. The number of rotatable bonds is 2. The first-order valence-corrected chi connectivity index (χ1v) is 8.04. The Bertz CT molecular complexity index is 623. The third-order valence-corrected chi connectivity index (χ3v) is 5.01.